The highest BCUT2D eigenvalue weighted by atomic mass is 32.2. The Kier molecular flexibility index (Phi) is 7.87. The molecule has 9 heteroatoms. The van der Waals surface area contributed by atoms with Crippen molar-refractivity contribution in [1.29, 1.82) is 0 Å². The minimum Gasteiger partial charge on any atom is -0.338 e. The van der Waals surface area contributed by atoms with Gasteiger partial charge in [-0.05, 0) is 54.9 Å². The van der Waals surface area contributed by atoms with Crippen LogP contribution in [0.2, 0.25) is 0 Å². The first kappa shape index (κ1) is 22.7. The highest BCUT2D eigenvalue weighted by Crippen LogP contribution is 2.20. The first-order valence-corrected chi connectivity index (χ1v) is 12.4. The predicted octanol–water partition coefficient (Wildman–Crippen LogP) is 2.71. The third kappa shape index (κ3) is 6.04. The molecule has 0 aliphatic carbocycles. The zero-order valence-corrected chi connectivity index (χ0v) is 19.1. The van der Waals surface area contributed by atoms with Crippen LogP contribution in [0.1, 0.15) is 23.3 Å². The van der Waals surface area contributed by atoms with Crippen molar-refractivity contribution >= 4 is 27.4 Å². The average Bonchev–Trinajstić information content (AvgIpc) is 3.25. The van der Waals surface area contributed by atoms with Crippen LogP contribution in [-0.4, -0.2) is 57.4 Å². The number of nitrogens with one attached hydrogen (secondary N) is 2. The molecule has 0 bridgehead atoms. The van der Waals surface area contributed by atoms with Crippen molar-refractivity contribution in [3.8, 4) is 0 Å². The lowest BCUT2D eigenvalue weighted by Crippen LogP contribution is -2.41. The normalized spacial score (nSPS) is 16.0. The number of rotatable bonds is 8. The Morgan fingerprint density at radius 2 is 1.87 bits per heavy atom. The molecule has 1 aliphatic rings. The van der Waals surface area contributed by atoms with E-state index in [9.17, 15) is 13.2 Å². The zero-order chi connectivity index (χ0) is 21.6. The molecular weight excluding hydrogens is 420 g/mol. The van der Waals surface area contributed by atoms with Gasteiger partial charge < -0.3 is 10.6 Å². The summed E-state index contributed by atoms with van der Waals surface area (Å²) < 4.78 is 26.1. The van der Waals surface area contributed by atoms with Gasteiger partial charge in [-0.3, -0.25) is 4.90 Å². The molecule has 2 heterocycles. The topological polar surface area (TPSA) is 81.8 Å². The summed E-state index contributed by atoms with van der Waals surface area (Å²) in [5, 5.41) is 7.83. The molecular formula is C21H30N4O3S2. The smallest absolute Gasteiger partial charge is 0.315 e. The molecule has 0 spiro atoms. The molecule has 2 aromatic rings. The van der Waals surface area contributed by atoms with E-state index >= 15 is 0 Å². The van der Waals surface area contributed by atoms with Gasteiger partial charge in [0, 0.05) is 38.6 Å². The number of hydrogen-bond acceptors (Lipinski definition) is 5. The van der Waals surface area contributed by atoms with Crippen LogP contribution in [0.25, 0.3) is 0 Å². The summed E-state index contributed by atoms with van der Waals surface area (Å²) >= 11 is 1.79. The molecule has 1 aromatic carbocycles. The highest BCUT2D eigenvalue weighted by Gasteiger charge is 2.22. The van der Waals surface area contributed by atoms with Gasteiger partial charge >= 0.3 is 6.03 Å². The lowest BCUT2D eigenvalue weighted by atomic mass is 9.97. The van der Waals surface area contributed by atoms with Gasteiger partial charge in [-0.25, -0.2) is 17.5 Å². The maximum Gasteiger partial charge on any atom is 0.315 e. The molecule has 1 fully saturated rings. The summed E-state index contributed by atoms with van der Waals surface area (Å²) in [4.78, 5) is 16.3. The molecule has 1 saturated heterocycles. The Morgan fingerprint density at radius 3 is 2.53 bits per heavy atom. The molecule has 2 N–H and O–H groups in total. The molecule has 3 rings (SSSR count). The Balaban J connectivity index is 1.42. The highest BCUT2D eigenvalue weighted by molar-refractivity contribution is 7.89. The van der Waals surface area contributed by atoms with Crippen molar-refractivity contribution in [2.75, 3.05) is 33.7 Å². The maximum atomic E-state index is 12.5. The van der Waals surface area contributed by atoms with E-state index in [0.29, 0.717) is 18.0 Å². The van der Waals surface area contributed by atoms with Crippen LogP contribution in [-0.2, 0) is 23.1 Å². The summed E-state index contributed by atoms with van der Waals surface area (Å²) in [5.41, 5.74) is 0.572. The van der Waals surface area contributed by atoms with Crippen molar-refractivity contribution in [2.45, 2.75) is 30.8 Å². The van der Waals surface area contributed by atoms with Crippen LogP contribution in [0.5, 0.6) is 0 Å². The molecule has 0 saturated carbocycles. The van der Waals surface area contributed by atoms with E-state index in [1.165, 1.54) is 23.3 Å². The molecule has 1 aromatic heterocycles. The summed E-state index contributed by atoms with van der Waals surface area (Å²) in [5.74, 6) is 0.469. The number of benzene rings is 1. The van der Waals surface area contributed by atoms with Gasteiger partial charge in [0.15, 0.2) is 0 Å². The molecule has 164 valence electrons. The van der Waals surface area contributed by atoms with Crippen molar-refractivity contribution in [3.63, 3.8) is 0 Å². The van der Waals surface area contributed by atoms with E-state index in [2.05, 4.69) is 33.0 Å². The molecule has 30 heavy (non-hydrogen) atoms. The number of sulfonamides is 1. The van der Waals surface area contributed by atoms with E-state index in [0.717, 1.165) is 32.5 Å². The van der Waals surface area contributed by atoms with Crippen molar-refractivity contribution < 1.29 is 13.2 Å². The third-order valence-electron chi connectivity index (χ3n) is 5.39. The second-order valence-corrected chi connectivity index (χ2v) is 10.9. The molecule has 0 unspecified atom stereocenters. The molecule has 1 aliphatic heterocycles. The van der Waals surface area contributed by atoms with Crippen molar-refractivity contribution in [1.82, 2.24) is 19.8 Å². The second kappa shape index (κ2) is 10.4. The molecule has 7 nitrogen and oxygen atoms in total. The summed E-state index contributed by atoms with van der Waals surface area (Å²) in [6.45, 7) is 3.89. The molecule has 0 radical (unpaired) electrons. The number of carbonyl (C=O) groups is 1. The predicted molar refractivity (Wildman–Crippen MR) is 120 cm³/mol. The summed E-state index contributed by atoms with van der Waals surface area (Å²) in [6.07, 6.45) is 2.13. The van der Waals surface area contributed by atoms with Gasteiger partial charge in [-0.1, -0.05) is 24.3 Å². The molecule has 0 atom stereocenters. The van der Waals surface area contributed by atoms with E-state index in [1.807, 2.05) is 0 Å². The van der Waals surface area contributed by atoms with Crippen LogP contribution >= 0.6 is 11.3 Å². The van der Waals surface area contributed by atoms with Crippen molar-refractivity contribution in [3.05, 3.63) is 52.2 Å². The lowest BCUT2D eigenvalue weighted by Gasteiger charge is -2.31. The number of carbonyl (C=O) groups excluding carboxylic acids is 1. The van der Waals surface area contributed by atoms with Gasteiger partial charge in [-0.15, -0.1) is 11.3 Å². The molecule has 2 amide bonds. The van der Waals surface area contributed by atoms with E-state index in [-0.39, 0.29) is 17.5 Å². The van der Waals surface area contributed by atoms with Gasteiger partial charge in [0.25, 0.3) is 0 Å². The SMILES string of the molecule is CN(C)S(=O)(=O)c1ccccc1CNC(=O)NCC1CCN(Cc2cccs2)CC1. The first-order chi connectivity index (χ1) is 14.4. The Labute approximate surface area is 183 Å². The monoisotopic (exact) mass is 450 g/mol. The fourth-order valence-corrected chi connectivity index (χ4v) is 5.41. The third-order valence-corrected chi connectivity index (χ3v) is 8.17. The average molecular weight is 451 g/mol. The second-order valence-electron chi connectivity index (χ2n) is 7.76. The van der Waals surface area contributed by atoms with E-state index in [1.54, 1.807) is 35.6 Å². The van der Waals surface area contributed by atoms with Gasteiger partial charge in [0.2, 0.25) is 10.0 Å². The van der Waals surface area contributed by atoms with E-state index < -0.39 is 10.0 Å². The number of amides is 2. The minimum absolute atomic E-state index is 0.161. The fourth-order valence-electron chi connectivity index (χ4n) is 3.54. The van der Waals surface area contributed by atoms with Crippen molar-refractivity contribution in [2.24, 2.45) is 5.92 Å². The van der Waals surface area contributed by atoms with Gasteiger partial charge in [0.05, 0.1) is 4.90 Å². The number of likely N-dealkylation sites (tertiary alicyclic amines) is 1. The van der Waals surface area contributed by atoms with E-state index in [4.69, 9.17) is 0 Å². The Hall–Kier alpha value is -1.94. The van der Waals surface area contributed by atoms with Crippen LogP contribution in [0.3, 0.4) is 0 Å². The van der Waals surface area contributed by atoms with Gasteiger partial charge in [-0.2, -0.15) is 0 Å². The minimum atomic E-state index is -3.55. The maximum absolute atomic E-state index is 12.5. The Bertz CT molecular complexity index is 921. The Morgan fingerprint density at radius 1 is 1.13 bits per heavy atom. The number of urea groups is 1. The van der Waals surface area contributed by atoms with Crippen LogP contribution in [0.4, 0.5) is 4.79 Å². The number of thiophene rings is 1. The number of nitrogens with zero attached hydrogens (tertiary/aromatic N) is 2. The fraction of sp³-hybridized carbons (Fsp3) is 0.476. The summed E-state index contributed by atoms with van der Waals surface area (Å²) in [6, 6.07) is 10.7. The first-order valence-electron chi connectivity index (χ1n) is 10.1. The zero-order valence-electron chi connectivity index (χ0n) is 17.5. The van der Waals surface area contributed by atoms with Crippen LogP contribution in [0.15, 0.2) is 46.7 Å². The number of piperidine rings is 1. The largest absolute Gasteiger partial charge is 0.338 e. The quantitative estimate of drug-likeness (QED) is 0.648. The van der Waals surface area contributed by atoms with Crippen LogP contribution in [0, 0.1) is 5.92 Å². The van der Waals surface area contributed by atoms with Gasteiger partial charge in [0.1, 0.15) is 0 Å². The number of hydrogen-bond donors (Lipinski definition) is 2. The van der Waals surface area contributed by atoms with Crippen LogP contribution < -0.4 is 10.6 Å². The lowest BCUT2D eigenvalue weighted by molar-refractivity contribution is 0.176. The summed E-state index contributed by atoms with van der Waals surface area (Å²) in [7, 11) is -0.555. The standard InChI is InChI=1S/C21H30N4O3S2/c1-24(2)30(27,28)20-8-4-3-6-18(20)15-23-21(26)22-14-17-9-11-25(12-10-17)16-19-7-5-13-29-19/h3-8,13,17H,9-12,14-16H2,1-2H3,(H2,22,23,26).